The smallest absolute Gasteiger partial charge is 0.313 e. The molecular weight excluding hydrogens is 440 g/mol. The van der Waals surface area contributed by atoms with Gasteiger partial charge in [0.1, 0.15) is 5.75 Å². The van der Waals surface area contributed by atoms with Gasteiger partial charge in [-0.15, -0.1) is 0 Å². The van der Waals surface area contributed by atoms with Gasteiger partial charge in [0.05, 0.1) is 6.61 Å². The molecule has 3 rings (SSSR count). The first-order chi connectivity index (χ1) is 16.7. The van der Waals surface area contributed by atoms with Crippen molar-refractivity contribution in [3.05, 3.63) is 84.9 Å². The number of rotatable bonds is 14. The van der Waals surface area contributed by atoms with Crippen molar-refractivity contribution in [1.29, 1.82) is 0 Å². The molecule has 0 N–H and O–H groups in total. The second-order valence-electron chi connectivity index (χ2n) is 8.55. The highest BCUT2D eigenvalue weighted by molar-refractivity contribution is 8.30. The van der Waals surface area contributed by atoms with E-state index in [0.29, 0.717) is 0 Å². The summed E-state index contributed by atoms with van der Waals surface area (Å²) in [6, 6.07) is 28.2. The van der Waals surface area contributed by atoms with Crippen LogP contribution in [-0.2, 0) is 8.98 Å². The minimum atomic E-state index is -2.20. The molecule has 0 aliphatic carbocycles. The summed E-state index contributed by atoms with van der Waals surface area (Å²) in [4.78, 5) is 15.3. The van der Waals surface area contributed by atoms with E-state index in [-0.39, 0.29) is 5.97 Å². The molecule has 0 amide bonds. The maximum atomic E-state index is 12.3. The summed E-state index contributed by atoms with van der Waals surface area (Å²) < 4.78 is 12.2. The zero-order chi connectivity index (χ0) is 24.1. The van der Waals surface area contributed by atoms with E-state index >= 15 is 0 Å². The molecule has 0 aliphatic rings. The SMILES string of the molecule is CCCCCCCCCCOc1ccc(S(OC(C)=O)(c2ccccc2)c2ccccc2)cc1. The van der Waals surface area contributed by atoms with Gasteiger partial charge in [-0.2, -0.15) is 0 Å². The quantitative estimate of drug-likeness (QED) is 0.217. The first kappa shape index (κ1) is 25.9. The van der Waals surface area contributed by atoms with Crippen molar-refractivity contribution in [3.8, 4) is 5.75 Å². The minimum Gasteiger partial charge on any atom is -0.494 e. The summed E-state index contributed by atoms with van der Waals surface area (Å²) >= 11 is 0. The average Bonchev–Trinajstić information content (AvgIpc) is 2.87. The minimum absolute atomic E-state index is 0.294. The van der Waals surface area contributed by atoms with Crippen LogP contribution in [0.3, 0.4) is 0 Å². The molecule has 0 unspecified atom stereocenters. The Morgan fingerprint density at radius 2 is 1.12 bits per heavy atom. The van der Waals surface area contributed by atoms with Crippen LogP contribution in [0, 0.1) is 0 Å². The van der Waals surface area contributed by atoms with Crippen molar-refractivity contribution < 1.29 is 13.7 Å². The largest absolute Gasteiger partial charge is 0.494 e. The zero-order valence-electron chi connectivity index (χ0n) is 20.6. The van der Waals surface area contributed by atoms with E-state index in [1.165, 1.54) is 51.9 Å². The number of ether oxygens (including phenoxy) is 1. The van der Waals surface area contributed by atoms with Gasteiger partial charge in [-0.3, -0.25) is 4.79 Å². The molecule has 3 aromatic carbocycles. The fourth-order valence-electron chi connectivity index (χ4n) is 4.11. The number of unbranched alkanes of at least 4 members (excludes halogenated alkanes) is 7. The van der Waals surface area contributed by atoms with Crippen LogP contribution in [0.4, 0.5) is 0 Å². The summed E-state index contributed by atoms with van der Waals surface area (Å²) in [5.41, 5.74) is 0. The lowest BCUT2D eigenvalue weighted by molar-refractivity contribution is -0.131. The Morgan fingerprint density at radius 1 is 0.647 bits per heavy atom. The van der Waals surface area contributed by atoms with E-state index in [9.17, 15) is 4.79 Å². The molecule has 0 spiro atoms. The van der Waals surface area contributed by atoms with Crippen LogP contribution in [0.2, 0.25) is 0 Å². The molecule has 0 radical (unpaired) electrons. The van der Waals surface area contributed by atoms with Crippen molar-refractivity contribution >= 4 is 16.3 Å². The molecule has 4 heteroatoms. The summed E-state index contributed by atoms with van der Waals surface area (Å²) in [6.45, 7) is 4.47. The fraction of sp³-hybridized carbons (Fsp3) is 0.367. The number of carbonyl (C=O) groups is 1. The molecule has 0 aromatic heterocycles. The Morgan fingerprint density at radius 3 is 1.62 bits per heavy atom. The number of carbonyl (C=O) groups excluding carboxylic acids is 1. The fourth-order valence-corrected chi connectivity index (χ4v) is 7.16. The van der Waals surface area contributed by atoms with E-state index in [1.807, 2.05) is 84.9 Å². The standard InChI is InChI=1S/C30H38O3S/c1-3-4-5-6-7-8-9-16-25-32-27-21-23-30(24-22-27)34(33-26(2)31,28-17-12-10-13-18-28)29-19-14-11-15-20-29/h10-15,17-24H,3-9,16,25H2,1-2H3. The van der Waals surface area contributed by atoms with Crippen LogP contribution < -0.4 is 4.74 Å². The summed E-state index contributed by atoms with van der Waals surface area (Å²) in [7, 11) is -2.20. The van der Waals surface area contributed by atoms with Crippen LogP contribution in [0.25, 0.3) is 0 Å². The Hall–Kier alpha value is -2.72. The van der Waals surface area contributed by atoms with Gasteiger partial charge in [-0.1, -0.05) is 88.3 Å². The monoisotopic (exact) mass is 478 g/mol. The third kappa shape index (κ3) is 7.14. The van der Waals surface area contributed by atoms with E-state index < -0.39 is 10.3 Å². The Kier molecular flexibility index (Phi) is 10.6. The molecule has 3 nitrogen and oxygen atoms in total. The lowest BCUT2D eigenvalue weighted by Crippen LogP contribution is -2.11. The van der Waals surface area contributed by atoms with Crippen LogP contribution in [0.15, 0.2) is 99.6 Å². The normalized spacial score (nSPS) is 11.7. The van der Waals surface area contributed by atoms with Crippen LogP contribution in [0.5, 0.6) is 5.75 Å². The van der Waals surface area contributed by atoms with E-state index in [4.69, 9.17) is 8.92 Å². The topological polar surface area (TPSA) is 35.5 Å². The second kappa shape index (κ2) is 13.9. The van der Waals surface area contributed by atoms with Crippen molar-refractivity contribution in [2.24, 2.45) is 0 Å². The average molecular weight is 479 g/mol. The van der Waals surface area contributed by atoms with Crippen molar-refractivity contribution in [2.45, 2.75) is 79.9 Å². The second-order valence-corrected chi connectivity index (χ2v) is 11.2. The molecular formula is C30H38O3S. The summed E-state index contributed by atoms with van der Waals surface area (Å²) in [5, 5.41) is 0. The molecule has 34 heavy (non-hydrogen) atoms. The molecule has 0 aliphatic heterocycles. The Balaban J connectivity index is 1.71. The molecule has 0 heterocycles. The maximum Gasteiger partial charge on any atom is 0.313 e. The highest BCUT2D eigenvalue weighted by atomic mass is 32.3. The lowest BCUT2D eigenvalue weighted by atomic mass is 10.1. The Labute approximate surface area is 207 Å². The predicted octanol–water partition coefficient (Wildman–Crippen LogP) is 8.97. The summed E-state index contributed by atoms with van der Waals surface area (Å²) in [5.74, 6) is 0.557. The molecule has 182 valence electrons. The van der Waals surface area contributed by atoms with Gasteiger partial charge in [-0.05, 0) is 65.3 Å². The first-order valence-electron chi connectivity index (χ1n) is 12.5. The van der Waals surface area contributed by atoms with Crippen LogP contribution in [-0.4, -0.2) is 12.6 Å². The van der Waals surface area contributed by atoms with Crippen molar-refractivity contribution in [2.75, 3.05) is 6.61 Å². The maximum absolute atomic E-state index is 12.3. The van der Waals surface area contributed by atoms with Crippen LogP contribution in [0.1, 0.15) is 65.2 Å². The van der Waals surface area contributed by atoms with Gasteiger partial charge < -0.3 is 8.92 Å². The zero-order valence-corrected chi connectivity index (χ0v) is 21.4. The van der Waals surface area contributed by atoms with Gasteiger partial charge >= 0.3 is 5.97 Å². The third-order valence-corrected chi connectivity index (χ3v) is 9.11. The van der Waals surface area contributed by atoms with Crippen molar-refractivity contribution in [1.82, 2.24) is 0 Å². The molecule has 0 fully saturated rings. The van der Waals surface area contributed by atoms with Gasteiger partial charge in [0.25, 0.3) is 0 Å². The number of hydrogen-bond donors (Lipinski definition) is 0. The predicted molar refractivity (Wildman–Crippen MR) is 142 cm³/mol. The molecule has 3 aromatic rings. The molecule has 0 bridgehead atoms. The lowest BCUT2D eigenvalue weighted by Gasteiger charge is -2.39. The number of hydrogen-bond acceptors (Lipinski definition) is 3. The van der Waals surface area contributed by atoms with Crippen molar-refractivity contribution in [3.63, 3.8) is 0 Å². The van der Waals surface area contributed by atoms with Gasteiger partial charge in [-0.25, -0.2) is 0 Å². The molecule has 0 saturated carbocycles. The van der Waals surface area contributed by atoms with Crippen LogP contribution >= 0.6 is 10.3 Å². The highest BCUT2D eigenvalue weighted by Gasteiger charge is 2.34. The third-order valence-electron chi connectivity index (χ3n) is 5.81. The number of benzene rings is 3. The first-order valence-corrected chi connectivity index (χ1v) is 14.1. The van der Waals surface area contributed by atoms with E-state index in [0.717, 1.165) is 33.5 Å². The van der Waals surface area contributed by atoms with Gasteiger partial charge in [0.2, 0.25) is 0 Å². The van der Waals surface area contributed by atoms with Gasteiger partial charge in [0, 0.05) is 21.6 Å². The van der Waals surface area contributed by atoms with E-state index in [2.05, 4.69) is 6.92 Å². The van der Waals surface area contributed by atoms with Gasteiger partial charge in [0.15, 0.2) is 0 Å². The Bertz CT molecular complexity index is 931. The molecule has 0 atom stereocenters. The van der Waals surface area contributed by atoms with E-state index in [1.54, 1.807) is 0 Å². The summed E-state index contributed by atoms with van der Waals surface area (Å²) in [6.07, 6.45) is 10.3. The molecule has 0 saturated heterocycles. The highest BCUT2D eigenvalue weighted by Crippen LogP contribution is 2.69.